The first kappa shape index (κ1) is 14.9. The van der Waals surface area contributed by atoms with E-state index in [2.05, 4.69) is 31.0 Å². The van der Waals surface area contributed by atoms with E-state index in [1.165, 1.54) is 32.4 Å². The fraction of sp³-hybridized carbons (Fsp3) is 1.00. The van der Waals surface area contributed by atoms with Gasteiger partial charge in [-0.25, -0.2) is 0 Å². The van der Waals surface area contributed by atoms with Gasteiger partial charge in [0.15, 0.2) is 0 Å². The van der Waals surface area contributed by atoms with Gasteiger partial charge in [0, 0.05) is 20.2 Å². The predicted octanol–water partition coefficient (Wildman–Crippen LogP) is 2.12. The minimum atomic E-state index is 0.0782. The number of piperidine rings is 1. The lowest BCUT2D eigenvalue weighted by Crippen LogP contribution is -2.49. The Kier molecular flexibility index (Phi) is 6.45. The summed E-state index contributed by atoms with van der Waals surface area (Å²) in [7, 11) is 1.84. The molecule has 102 valence electrons. The van der Waals surface area contributed by atoms with E-state index in [0.29, 0.717) is 0 Å². The van der Waals surface area contributed by atoms with E-state index < -0.39 is 0 Å². The zero-order valence-electron chi connectivity index (χ0n) is 12.1. The molecule has 1 aliphatic heterocycles. The van der Waals surface area contributed by atoms with Crippen molar-refractivity contribution in [3.8, 4) is 0 Å². The van der Waals surface area contributed by atoms with Crippen LogP contribution >= 0.6 is 0 Å². The van der Waals surface area contributed by atoms with Crippen LogP contribution < -0.4 is 5.32 Å². The van der Waals surface area contributed by atoms with Gasteiger partial charge in [0.2, 0.25) is 0 Å². The minimum absolute atomic E-state index is 0.0782. The summed E-state index contributed by atoms with van der Waals surface area (Å²) in [6.07, 6.45) is 3.68. The Morgan fingerprint density at radius 3 is 2.88 bits per heavy atom. The quantitative estimate of drug-likeness (QED) is 0.692. The Bertz CT molecular complexity index is 210. The predicted molar refractivity (Wildman–Crippen MR) is 73.4 cm³/mol. The van der Waals surface area contributed by atoms with E-state index in [4.69, 9.17) is 4.74 Å². The number of rotatable bonds is 7. The van der Waals surface area contributed by atoms with E-state index in [-0.39, 0.29) is 5.60 Å². The Morgan fingerprint density at radius 1 is 1.47 bits per heavy atom. The molecular weight excluding hydrogens is 212 g/mol. The highest BCUT2D eigenvalue weighted by Crippen LogP contribution is 2.24. The number of ether oxygens (including phenoxy) is 1. The molecule has 3 heteroatoms. The lowest BCUT2D eigenvalue weighted by molar-refractivity contribution is -0.0531. The first-order chi connectivity index (χ1) is 8.09. The summed E-state index contributed by atoms with van der Waals surface area (Å²) in [4.78, 5) is 2.56. The highest BCUT2D eigenvalue weighted by atomic mass is 16.5. The molecule has 0 aromatic heterocycles. The molecule has 1 heterocycles. The van der Waals surface area contributed by atoms with Gasteiger partial charge in [-0.1, -0.05) is 13.8 Å². The van der Waals surface area contributed by atoms with Crippen molar-refractivity contribution in [2.45, 2.75) is 45.6 Å². The van der Waals surface area contributed by atoms with Crippen LogP contribution in [0, 0.1) is 5.92 Å². The van der Waals surface area contributed by atoms with Crippen LogP contribution in [0.2, 0.25) is 0 Å². The minimum Gasteiger partial charge on any atom is -0.377 e. The van der Waals surface area contributed by atoms with Gasteiger partial charge >= 0.3 is 0 Å². The molecule has 0 bridgehead atoms. The molecule has 0 saturated carbocycles. The second kappa shape index (κ2) is 7.34. The molecule has 1 aliphatic rings. The van der Waals surface area contributed by atoms with Gasteiger partial charge in [-0.3, -0.25) is 0 Å². The third-order valence-corrected chi connectivity index (χ3v) is 3.72. The second-order valence-corrected chi connectivity index (χ2v) is 5.80. The molecule has 1 fully saturated rings. The average molecular weight is 242 g/mol. The Labute approximate surface area is 107 Å². The van der Waals surface area contributed by atoms with Crippen molar-refractivity contribution in [3.63, 3.8) is 0 Å². The molecule has 2 atom stereocenters. The van der Waals surface area contributed by atoms with Gasteiger partial charge in [0.1, 0.15) is 0 Å². The highest BCUT2D eigenvalue weighted by molar-refractivity contribution is 4.85. The molecule has 0 aromatic carbocycles. The summed E-state index contributed by atoms with van der Waals surface area (Å²) in [5.74, 6) is 0.723. The van der Waals surface area contributed by atoms with E-state index in [0.717, 1.165) is 25.6 Å². The van der Waals surface area contributed by atoms with Crippen molar-refractivity contribution < 1.29 is 4.74 Å². The summed E-state index contributed by atoms with van der Waals surface area (Å²) in [5.41, 5.74) is 0.0782. The Balaban J connectivity index is 2.26. The van der Waals surface area contributed by atoms with Crippen LogP contribution in [0.1, 0.15) is 40.0 Å². The number of likely N-dealkylation sites (tertiary alicyclic amines) is 1. The standard InChI is InChI=1S/C14H30N2O/c1-5-8-15-10-13(2)11-16-9-6-7-14(3,12-16)17-4/h13,15H,5-12H2,1-4H3. The zero-order valence-corrected chi connectivity index (χ0v) is 12.1. The maximum atomic E-state index is 5.63. The number of methoxy groups -OCH3 is 1. The molecule has 0 amide bonds. The molecule has 0 radical (unpaired) electrons. The van der Waals surface area contributed by atoms with Crippen molar-refractivity contribution >= 4 is 0 Å². The molecule has 1 N–H and O–H groups in total. The fourth-order valence-electron chi connectivity index (χ4n) is 2.66. The molecule has 0 spiro atoms. The second-order valence-electron chi connectivity index (χ2n) is 5.80. The summed E-state index contributed by atoms with van der Waals surface area (Å²) < 4.78 is 5.63. The molecule has 2 unspecified atom stereocenters. The summed E-state index contributed by atoms with van der Waals surface area (Å²) >= 11 is 0. The molecule has 1 rings (SSSR count). The lowest BCUT2D eigenvalue weighted by atomic mass is 9.94. The lowest BCUT2D eigenvalue weighted by Gasteiger charge is -2.40. The molecule has 3 nitrogen and oxygen atoms in total. The van der Waals surface area contributed by atoms with Crippen LogP contribution in [0.15, 0.2) is 0 Å². The van der Waals surface area contributed by atoms with Crippen LogP contribution in [0.25, 0.3) is 0 Å². The SMILES string of the molecule is CCCNCC(C)CN1CCCC(C)(OC)C1. The topological polar surface area (TPSA) is 24.5 Å². The van der Waals surface area contributed by atoms with Crippen molar-refractivity contribution in [2.75, 3.05) is 39.8 Å². The summed E-state index contributed by atoms with van der Waals surface area (Å²) in [6, 6.07) is 0. The first-order valence-electron chi connectivity index (χ1n) is 7.08. The third-order valence-electron chi connectivity index (χ3n) is 3.72. The largest absolute Gasteiger partial charge is 0.377 e. The van der Waals surface area contributed by atoms with E-state index in [9.17, 15) is 0 Å². The van der Waals surface area contributed by atoms with Gasteiger partial charge in [-0.15, -0.1) is 0 Å². The van der Waals surface area contributed by atoms with Crippen LogP contribution in [0.3, 0.4) is 0 Å². The number of hydrogen-bond acceptors (Lipinski definition) is 3. The van der Waals surface area contributed by atoms with Gasteiger partial charge in [-0.2, -0.15) is 0 Å². The number of nitrogens with one attached hydrogen (secondary N) is 1. The van der Waals surface area contributed by atoms with Gasteiger partial charge in [-0.05, 0) is 51.7 Å². The Morgan fingerprint density at radius 2 is 2.24 bits per heavy atom. The third kappa shape index (κ3) is 5.36. The molecular formula is C14H30N2O. The summed E-state index contributed by atoms with van der Waals surface area (Å²) in [6.45, 7) is 12.6. The fourth-order valence-corrected chi connectivity index (χ4v) is 2.66. The molecule has 0 aromatic rings. The molecule has 0 aliphatic carbocycles. The van der Waals surface area contributed by atoms with E-state index in [1.807, 2.05) is 7.11 Å². The average Bonchev–Trinajstić information content (AvgIpc) is 2.29. The molecule has 17 heavy (non-hydrogen) atoms. The Hall–Kier alpha value is -0.120. The van der Waals surface area contributed by atoms with Crippen molar-refractivity contribution in [2.24, 2.45) is 5.92 Å². The highest BCUT2D eigenvalue weighted by Gasteiger charge is 2.30. The van der Waals surface area contributed by atoms with Gasteiger partial charge in [0.25, 0.3) is 0 Å². The number of nitrogens with zero attached hydrogens (tertiary/aromatic N) is 1. The van der Waals surface area contributed by atoms with Crippen LogP contribution in [0.4, 0.5) is 0 Å². The summed E-state index contributed by atoms with van der Waals surface area (Å²) in [5, 5.41) is 3.50. The maximum Gasteiger partial charge on any atom is 0.0777 e. The molecule has 1 saturated heterocycles. The van der Waals surface area contributed by atoms with Crippen LogP contribution in [-0.2, 0) is 4.74 Å². The monoisotopic (exact) mass is 242 g/mol. The van der Waals surface area contributed by atoms with Crippen molar-refractivity contribution in [3.05, 3.63) is 0 Å². The number of hydrogen-bond donors (Lipinski definition) is 1. The van der Waals surface area contributed by atoms with Crippen molar-refractivity contribution in [1.82, 2.24) is 10.2 Å². The maximum absolute atomic E-state index is 5.63. The first-order valence-corrected chi connectivity index (χ1v) is 7.08. The van der Waals surface area contributed by atoms with Crippen LogP contribution in [0.5, 0.6) is 0 Å². The van der Waals surface area contributed by atoms with Gasteiger partial charge < -0.3 is 15.0 Å². The van der Waals surface area contributed by atoms with E-state index >= 15 is 0 Å². The zero-order chi connectivity index (χ0) is 12.7. The van der Waals surface area contributed by atoms with Gasteiger partial charge in [0.05, 0.1) is 5.60 Å². The van der Waals surface area contributed by atoms with Crippen molar-refractivity contribution in [1.29, 1.82) is 0 Å². The van der Waals surface area contributed by atoms with Crippen LogP contribution in [-0.4, -0.2) is 50.3 Å². The normalized spacial score (nSPS) is 28.2. The van der Waals surface area contributed by atoms with E-state index in [1.54, 1.807) is 0 Å². The smallest absolute Gasteiger partial charge is 0.0777 e.